The van der Waals surface area contributed by atoms with Crippen LogP contribution >= 0.6 is 0 Å². The minimum absolute atomic E-state index is 0.0510. The molecule has 12 heteroatoms. The van der Waals surface area contributed by atoms with Crippen LogP contribution in [-0.2, 0) is 35.3 Å². The number of ether oxygens (including phenoxy) is 2. The molecule has 1 unspecified atom stereocenters. The summed E-state index contributed by atoms with van der Waals surface area (Å²) in [6, 6.07) is 7.54. The van der Waals surface area contributed by atoms with E-state index in [0.29, 0.717) is 12.0 Å². The number of hydrogen-bond acceptors (Lipinski definition) is 7. The fourth-order valence-corrected chi connectivity index (χ4v) is 4.46. The Balaban J connectivity index is 2.27. The van der Waals surface area contributed by atoms with Crippen molar-refractivity contribution in [2.45, 2.75) is 36.9 Å². The van der Waals surface area contributed by atoms with Crippen LogP contribution in [0.1, 0.15) is 35.6 Å². The molecule has 0 saturated carbocycles. The normalized spacial score (nSPS) is 12.7. The van der Waals surface area contributed by atoms with Gasteiger partial charge in [0.05, 0.1) is 23.7 Å². The monoisotopic (exact) mass is 514 g/mol. The molecule has 35 heavy (non-hydrogen) atoms. The van der Waals surface area contributed by atoms with Crippen molar-refractivity contribution < 1.29 is 40.7 Å². The number of unbranched alkanes of at least 4 members (excludes halogenated alkanes) is 1. The molecule has 0 amide bonds. The highest BCUT2D eigenvalue weighted by molar-refractivity contribution is 7.89. The predicted octanol–water partition coefficient (Wildman–Crippen LogP) is 3.67. The first kappa shape index (κ1) is 28.0. The number of rotatable bonds is 11. The molecule has 2 rings (SSSR count). The van der Waals surface area contributed by atoms with Gasteiger partial charge in [-0.3, -0.25) is 5.84 Å². The summed E-state index contributed by atoms with van der Waals surface area (Å²) in [5.41, 5.74) is -0.730. The van der Waals surface area contributed by atoms with E-state index in [-0.39, 0.29) is 34.5 Å². The topological polar surface area (TPSA) is 116 Å². The predicted molar refractivity (Wildman–Crippen MR) is 120 cm³/mol. The first-order valence-electron chi connectivity index (χ1n) is 10.4. The molecule has 8 nitrogen and oxygen atoms in total. The van der Waals surface area contributed by atoms with Gasteiger partial charge in [0.1, 0.15) is 0 Å². The molecule has 2 N–H and O–H groups in total. The Kier molecular flexibility index (Phi) is 9.57. The Labute approximate surface area is 201 Å². The number of sulfonamides is 1. The number of nitrogens with zero attached hydrogens (tertiary/aromatic N) is 1. The molecular formula is C23H25F3N2O6S. The summed E-state index contributed by atoms with van der Waals surface area (Å²) in [5.74, 6) is 4.23. The van der Waals surface area contributed by atoms with E-state index >= 15 is 0 Å². The van der Waals surface area contributed by atoms with Gasteiger partial charge >= 0.3 is 18.1 Å². The Morgan fingerprint density at radius 3 is 2.17 bits per heavy atom. The van der Waals surface area contributed by atoms with Gasteiger partial charge in [-0.05, 0) is 49.1 Å². The van der Waals surface area contributed by atoms with E-state index in [1.165, 1.54) is 25.1 Å². The lowest BCUT2D eigenvalue weighted by molar-refractivity contribution is -0.149. The molecule has 0 bridgehead atoms. The molecule has 0 aromatic heterocycles. The van der Waals surface area contributed by atoms with Gasteiger partial charge in [-0.15, -0.1) is 4.41 Å². The zero-order chi connectivity index (χ0) is 26.2. The van der Waals surface area contributed by atoms with Crippen molar-refractivity contribution in [2.24, 2.45) is 5.84 Å². The first-order valence-corrected chi connectivity index (χ1v) is 11.8. The summed E-state index contributed by atoms with van der Waals surface area (Å²) in [5, 5.41) is 0. The minimum Gasteiger partial charge on any atom is -0.464 e. The van der Waals surface area contributed by atoms with E-state index in [1.807, 2.05) is 0 Å². The average Bonchev–Trinajstić information content (AvgIpc) is 2.81. The van der Waals surface area contributed by atoms with Gasteiger partial charge in [0, 0.05) is 6.08 Å². The maximum Gasteiger partial charge on any atom is 0.416 e. The quantitative estimate of drug-likeness (QED) is 0.160. The molecule has 2 aromatic rings. The highest BCUT2D eigenvalue weighted by Crippen LogP contribution is 2.32. The second-order valence-electron chi connectivity index (χ2n) is 7.37. The molecule has 0 saturated heterocycles. The van der Waals surface area contributed by atoms with Crippen LogP contribution in [0.5, 0.6) is 0 Å². The van der Waals surface area contributed by atoms with Crippen molar-refractivity contribution in [3.63, 3.8) is 0 Å². The van der Waals surface area contributed by atoms with Gasteiger partial charge in [0.2, 0.25) is 0 Å². The second kappa shape index (κ2) is 12.0. The molecule has 190 valence electrons. The molecule has 0 aliphatic carbocycles. The van der Waals surface area contributed by atoms with E-state index in [4.69, 9.17) is 15.3 Å². The van der Waals surface area contributed by atoms with Crippen molar-refractivity contribution >= 4 is 22.0 Å². The number of halogens is 3. The fraction of sp³-hybridized carbons (Fsp3) is 0.304. The molecular weight excluding hydrogens is 489 g/mol. The van der Waals surface area contributed by atoms with Gasteiger partial charge in [0.15, 0.2) is 6.04 Å². The highest BCUT2D eigenvalue weighted by atomic mass is 32.2. The second-order valence-corrected chi connectivity index (χ2v) is 9.18. The van der Waals surface area contributed by atoms with E-state index in [0.717, 1.165) is 30.3 Å². The lowest BCUT2D eigenvalue weighted by atomic mass is 10.1. The van der Waals surface area contributed by atoms with Gasteiger partial charge in [0.25, 0.3) is 10.0 Å². The zero-order valence-electron chi connectivity index (χ0n) is 18.8. The van der Waals surface area contributed by atoms with Crippen molar-refractivity contribution in [3.8, 4) is 0 Å². The number of hydrazine groups is 1. The smallest absolute Gasteiger partial charge is 0.416 e. The van der Waals surface area contributed by atoms with E-state index in [9.17, 15) is 31.2 Å². The molecule has 0 heterocycles. The Morgan fingerprint density at radius 2 is 1.63 bits per heavy atom. The third-order valence-electron chi connectivity index (χ3n) is 4.87. The van der Waals surface area contributed by atoms with Gasteiger partial charge in [-0.25, -0.2) is 18.0 Å². The van der Waals surface area contributed by atoms with E-state index in [1.54, 1.807) is 6.07 Å². The molecule has 0 aliphatic rings. The average molecular weight is 515 g/mol. The van der Waals surface area contributed by atoms with Crippen LogP contribution in [0, 0.1) is 6.92 Å². The summed E-state index contributed by atoms with van der Waals surface area (Å²) < 4.78 is 75.5. The molecule has 0 fully saturated rings. The minimum atomic E-state index is -4.63. The van der Waals surface area contributed by atoms with Crippen LogP contribution in [0.15, 0.2) is 66.1 Å². The first-order chi connectivity index (χ1) is 16.4. The summed E-state index contributed by atoms with van der Waals surface area (Å²) in [6.07, 6.45) is -3.02. The number of carbonyl (C=O) groups excluding carboxylic acids is 2. The molecule has 0 radical (unpaired) electrons. The molecule has 0 spiro atoms. The fourth-order valence-electron chi connectivity index (χ4n) is 3.03. The number of aryl methyl sites for hydroxylation is 1. The van der Waals surface area contributed by atoms with Crippen LogP contribution in [0.25, 0.3) is 0 Å². The van der Waals surface area contributed by atoms with Crippen LogP contribution in [0.4, 0.5) is 13.2 Å². The van der Waals surface area contributed by atoms with Gasteiger partial charge in [-0.1, -0.05) is 36.9 Å². The number of carbonyl (C=O) groups is 2. The summed E-state index contributed by atoms with van der Waals surface area (Å²) in [7, 11) is -4.43. The third-order valence-corrected chi connectivity index (χ3v) is 6.65. The summed E-state index contributed by atoms with van der Waals surface area (Å²) in [6.45, 7) is 4.67. The largest absolute Gasteiger partial charge is 0.464 e. The van der Waals surface area contributed by atoms with Gasteiger partial charge in [-0.2, -0.15) is 13.2 Å². The maximum atomic E-state index is 13.2. The van der Waals surface area contributed by atoms with Crippen LogP contribution in [-0.4, -0.2) is 38.0 Å². The Morgan fingerprint density at radius 1 is 1.06 bits per heavy atom. The zero-order valence-corrected chi connectivity index (χ0v) is 19.6. The molecule has 2 aromatic carbocycles. The number of esters is 2. The number of nitrogens with two attached hydrogens (primary N) is 1. The van der Waals surface area contributed by atoms with Crippen molar-refractivity contribution in [1.82, 2.24) is 4.41 Å². The lowest BCUT2D eigenvalue weighted by Gasteiger charge is -2.26. The summed E-state index contributed by atoms with van der Waals surface area (Å²) >= 11 is 0. The van der Waals surface area contributed by atoms with Gasteiger partial charge < -0.3 is 9.47 Å². The van der Waals surface area contributed by atoms with Crippen LogP contribution < -0.4 is 5.84 Å². The van der Waals surface area contributed by atoms with Crippen molar-refractivity contribution in [2.75, 3.05) is 13.2 Å². The van der Waals surface area contributed by atoms with Crippen molar-refractivity contribution in [1.29, 1.82) is 0 Å². The maximum absolute atomic E-state index is 13.2. The highest BCUT2D eigenvalue weighted by Gasteiger charge is 2.38. The Hall–Kier alpha value is -3.22. The molecule has 0 aliphatic heterocycles. The standard InChI is InChI=1S/C23H25F3N2O6S/c1-3-20(29)33-14-6-7-15-34-22(30)21(17-10-12-18(13-11-17)23(24,25)26)28(27)35(31,32)19-9-5-4-8-16(19)2/h3-5,8-13,21H,1,6-7,14-15,27H2,2H3. The van der Waals surface area contributed by atoms with Crippen LogP contribution in [0.3, 0.4) is 0 Å². The number of benzene rings is 2. The SMILES string of the molecule is C=CC(=O)OCCCCOC(=O)C(c1ccc(C(F)(F)F)cc1)N(N)S(=O)(=O)c1ccccc1C. The van der Waals surface area contributed by atoms with Crippen molar-refractivity contribution in [3.05, 3.63) is 77.9 Å². The number of alkyl halides is 3. The van der Waals surface area contributed by atoms with E-state index < -0.39 is 39.7 Å². The number of hydrogen-bond donors (Lipinski definition) is 1. The molecule has 1 atom stereocenters. The van der Waals surface area contributed by atoms with Crippen LogP contribution in [0.2, 0.25) is 0 Å². The third kappa shape index (κ3) is 7.38. The summed E-state index contributed by atoms with van der Waals surface area (Å²) in [4.78, 5) is 23.7. The Bertz CT molecular complexity index is 1150. The lowest BCUT2D eigenvalue weighted by Crippen LogP contribution is -2.44. The van der Waals surface area contributed by atoms with E-state index in [2.05, 4.69) is 6.58 Å².